The van der Waals surface area contributed by atoms with Crippen LogP contribution in [0.15, 0.2) is 29.8 Å². The van der Waals surface area contributed by atoms with Crippen molar-refractivity contribution in [1.82, 2.24) is 9.88 Å². The Bertz CT molecular complexity index is 481. The second-order valence-electron chi connectivity index (χ2n) is 4.08. The number of fused-ring (bicyclic) bond motifs is 1. The monoisotopic (exact) mass is 231 g/mol. The van der Waals surface area contributed by atoms with Gasteiger partial charge in [-0.15, -0.1) is 11.3 Å². The summed E-state index contributed by atoms with van der Waals surface area (Å²) in [5, 5.41) is 0.843. The Morgan fingerprint density at radius 3 is 2.50 bits per heavy atom. The molecular formula is C12H13N3S. The van der Waals surface area contributed by atoms with Crippen LogP contribution in [0.2, 0.25) is 0 Å². The van der Waals surface area contributed by atoms with Crippen LogP contribution in [0.5, 0.6) is 0 Å². The number of benzene rings is 1. The smallest absolute Gasteiger partial charge is 0.110 e. The zero-order valence-corrected chi connectivity index (χ0v) is 9.70. The Morgan fingerprint density at radius 2 is 1.94 bits per heavy atom. The molecular weight excluding hydrogens is 218 g/mol. The molecule has 0 bridgehead atoms. The fourth-order valence-corrected chi connectivity index (χ4v) is 2.67. The Morgan fingerprint density at radius 1 is 1.25 bits per heavy atom. The molecule has 4 heteroatoms. The predicted octanol–water partition coefficient (Wildman–Crippen LogP) is 2.24. The normalized spacial score (nSPS) is 15.2. The van der Waals surface area contributed by atoms with E-state index in [4.69, 9.17) is 5.73 Å². The molecule has 0 saturated carbocycles. The number of nitrogens with two attached hydrogens (primary N) is 1. The first-order chi connectivity index (χ1) is 7.83. The van der Waals surface area contributed by atoms with Gasteiger partial charge >= 0.3 is 0 Å². The van der Waals surface area contributed by atoms with Crippen molar-refractivity contribution in [1.29, 1.82) is 0 Å². The molecule has 3 nitrogen and oxygen atoms in total. The first-order valence-electron chi connectivity index (χ1n) is 5.30. The Labute approximate surface area is 98.5 Å². The molecule has 1 aliphatic rings. The largest absolute Gasteiger partial charge is 0.389 e. The van der Waals surface area contributed by atoms with Crippen molar-refractivity contribution in [2.75, 3.05) is 5.73 Å². The molecule has 1 aromatic heterocycles. The van der Waals surface area contributed by atoms with Crippen LogP contribution in [0.3, 0.4) is 0 Å². The van der Waals surface area contributed by atoms with Crippen molar-refractivity contribution in [3.8, 4) is 0 Å². The minimum Gasteiger partial charge on any atom is -0.389 e. The molecule has 0 atom stereocenters. The van der Waals surface area contributed by atoms with Crippen LogP contribution in [-0.4, -0.2) is 9.88 Å². The van der Waals surface area contributed by atoms with E-state index in [1.807, 2.05) is 5.51 Å². The number of hydrogen-bond donors (Lipinski definition) is 1. The highest BCUT2D eigenvalue weighted by Crippen LogP contribution is 2.25. The Hall–Kier alpha value is -1.39. The van der Waals surface area contributed by atoms with Crippen molar-refractivity contribution >= 4 is 16.3 Å². The summed E-state index contributed by atoms with van der Waals surface area (Å²) in [4.78, 5) is 6.67. The van der Waals surface area contributed by atoms with Gasteiger partial charge in [0, 0.05) is 19.6 Å². The van der Waals surface area contributed by atoms with Crippen LogP contribution in [0.1, 0.15) is 16.8 Å². The average Bonchev–Trinajstić information content (AvgIpc) is 2.85. The van der Waals surface area contributed by atoms with Gasteiger partial charge in [-0.25, -0.2) is 4.98 Å². The van der Waals surface area contributed by atoms with Crippen molar-refractivity contribution in [2.24, 2.45) is 0 Å². The topological polar surface area (TPSA) is 42.1 Å². The molecule has 2 aromatic rings. The quantitative estimate of drug-likeness (QED) is 0.862. The molecule has 2 heterocycles. The molecule has 1 aliphatic heterocycles. The van der Waals surface area contributed by atoms with Crippen molar-refractivity contribution in [3.63, 3.8) is 0 Å². The molecule has 0 unspecified atom stereocenters. The molecule has 0 saturated heterocycles. The van der Waals surface area contributed by atoms with Crippen LogP contribution in [0, 0.1) is 0 Å². The summed E-state index contributed by atoms with van der Waals surface area (Å²) in [5.74, 6) is 0. The number of rotatable bonds is 2. The molecule has 3 rings (SSSR count). The molecule has 1 aromatic carbocycles. The summed E-state index contributed by atoms with van der Waals surface area (Å²) in [6.45, 7) is 2.87. The lowest BCUT2D eigenvalue weighted by Crippen LogP contribution is -2.16. The lowest BCUT2D eigenvalue weighted by atomic mass is 10.1. The number of anilines is 1. The maximum atomic E-state index is 5.85. The van der Waals surface area contributed by atoms with E-state index < -0.39 is 0 Å². The van der Waals surface area contributed by atoms with Gasteiger partial charge in [-0.3, -0.25) is 4.90 Å². The minimum absolute atomic E-state index is 0.843. The van der Waals surface area contributed by atoms with Crippen molar-refractivity contribution in [3.05, 3.63) is 46.6 Å². The lowest BCUT2D eigenvalue weighted by Gasteiger charge is -2.13. The molecule has 0 amide bonds. The summed E-state index contributed by atoms with van der Waals surface area (Å²) in [7, 11) is 0. The summed E-state index contributed by atoms with van der Waals surface area (Å²) in [6, 6.07) is 8.58. The number of thiazole rings is 1. The fraction of sp³-hybridized carbons (Fsp3) is 0.250. The zero-order valence-electron chi connectivity index (χ0n) is 8.89. The predicted molar refractivity (Wildman–Crippen MR) is 65.9 cm³/mol. The van der Waals surface area contributed by atoms with E-state index in [0.29, 0.717) is 0 Å². The van der Waals surface area contributed by atoms with Crippen LogP contribution in [-0.2, 0) is 19.6 Å². The number of aromatic nitrogens is 1. The molecule has 16 heavy (non-hydrogen) atoms. The highest BCUT2D eigenvalue weighted by atomic mass is 32.1. The van der Waals surface area contributed by atoms with E-state index >= 15 is 0 Å². The second-order valence-corrected chi connectivity index (χ2v) is 4.96. The first-order valence-corrected chi connectivity index (χ1v) is 6.18. The van der Waals surface area contributed by atoms with Gasteiger partial charge in [0.2, 0.25) is 0 Å². The fourth-order valence-electron chi connectivity index (χ4n) is 2.12. The van der Waals surface area contributed by atoms with Crippen molar-refractivity contribution in [2.45, 2.75) is 19.6 Å². The highest BCUT2D eigenvalue weighted by Gasteiger charge is 2.19. The summed E-state index contributed by atoms with van der Waals surface area (Å²) < 4.78 is 0. The van der Waals surface area contributed by atoms with E-state index in [0.717, 1.165) is 30.3 Å². The Kier molecular flexibility index (Phi) is 2.38. The average molecular weight is 231 g/mol. The minimum atomic E-state index is 0.843. The molecule has 0 radical (unpaired) electrons. The zero-order chi connectivity index (χ0) is 11.0. The lowest BCUT2D eigenvalue weighted by molar-refractivity contribution is 0.273. The number of nitrogens with zero attached hydrogens (tertiary/aromatic N) is 2. The summed E-state index contributed by atoms with van der Waals surface area (Å²) >= 11 is 1.51. The molecule has 0 aliphatic carbocycles. The van der Waals surface area contributed by atoms with E-state index in [1.54, 1.807) is 0 Å². The number of nitrogen functional groups attached to an aromatic ring is 1. The van der Waals surface area contributed by atoms with E-state index in [-0.39, 0.29) is 0 Å². The maximum absolute atomic E-state index is 5.85. The second kappa shape index (κ2) is 3.88. The van der Waals surface area contributed by atoms with Crippen LogP contribution in [0.25, 0.3) is 0 Å². The van der Waals surface area contributed by atoms with E-state index in [1.165, 1.54) is 22.5 Å². The maximum Gasteiger partial charge on any atom is 0.110 e. The Balaban J connectivity index is 1.75. The van der Waals surface area contributed by atoms with Gasteiger partial charge in [-0.05, 0) is 11.1 Å². The SMILES string of the molecule is Nc1scnc1CN1Cc2ccccc2C1. The van der Waals surface area contributed by atoms with E-state index in [9.17, 15) is 0 Å². The molecule has 82 valence electrons. The van der Waals surface area contributed by atoms with Crippen LogP contribution >= 0.6 is 11.3 Å². The third kappa shape index (κ3) is 1.70. The number of hydrogen-bond acceptors (Lipinski definition) is 4. The van der Waals surface area contributed by atoms with Gasteiger partial charge in [0.25, 0.3) is 0 Å². The van der Waals surface area contributed by atoms with Gasteiger partial charge in [0.1, 0.15) is 5.00 Å². The van der Waals surface area contributed by atoms with Gasteiger partial charge in [-0.2, -0.15) is 0 Å². The molecule has 2 N–H and O–H groups in total. The van der Waals surface area contributed by atoms with Gasteiger partial charge in [0.15, 0.2) is 0 Å². The highest BCUT2D eigenvalue weighted by molar-refractivity contribution is 7.13. The summed E-state index contributed by atoms with van der Waals surface area (Å²) in [5.41, 5.74) is 11.5. The third-order valence-electron chi connectivity index (χ3n) is 2.95. The van der Waals surface area contributed by atoms with Crippen LogP contribution < -0.4 is 5.73 Å². The standard InChI is InChI=1S/C12H13N3S/c13-12-11(14-8-16-12)7-15-5-9-3-1-2-4-10(9)6-15/h1-4,8H,5-7,13H2. The van der Waals surface area contributed by atoms with Gasteiger partial charge < -0.3 is 5.73 Å². The van der Waals surface area contributed by atoms with Gasteiger partial charge in [-0.1, -0.05) is 24.3 Å². The van der Waals surface area contributed by atoms with Crippen molar-refractivity contribution < 1.29 is 0 Å². The van der Waals surface area contributed by atoms with E-state index in [2.05, 4.69) is 34.1 Å². The van der Waals surface area contributed by atoms with Crippen LogP contribution in [0.4, 0.5) is 5.00 Å². The third-order valence-corrected chi connectivity index (χ3v) is 3.65. The summed E-state index contributed by atoms with van der Waals surface area (Å²) in [6.07, 6.45) is 0. The molecule has 0 fully saturated rings. The first kappa shape index (κ1) is 9.81. The molecule has 0 spiro atoms. The van der Waals surface area contributed by atoms with Gasteiger partial charge in [0.05, 0.1) is 11.2 Å².